The summed E-state index contributed by atoms with van der Waals surface area (Å²) < 4.78 is 12.1. The van der Waals surface area contributed by atoms with Gasteiger partial charge in [0.1, 0.15) is 28.8 Å². The topological polar surface area (TPSA) is 102 Å². The summed E-state index contributed by atoms with van der Waals surface area (Å²) in [5.41, 5.74) is 1.02. The Hall–Kier alpha value is -3.60. The third-order valence-corrected chi connectivity index (χ3v) is 4.41. The first kappa shape index (κ1) is 16.8. The van der Waals surface area contributed by atoms with E-state index in [1.807, 2.05) is 6.07 Å². The average molecular weight is 363 g/mol. The fraction of sp³-hybridized carbons (Fsp3) is 0.263. The number of aromatic nitrogens is 3. The van der Waals surface area contributed by atoms with Gasteiger partial charge >= 0.3 is 0 Å². The highest BCUT2D eigenvalue weighted by Crippen LogP contribution is 2.35. The van der Waals surface area contributed by atoms with Crippen molar-refractivity contribution in [3.05, 3.63) is 46.4 Å². The second-order valence-electron chi connectivity index (χ2n) is 6.28. The van der Waals surface area contributed by atoms with Crippen molar-refractivity contribution in [2.24, 2.45) is 0 Å². The van der Waals surface area contributed by atoms with Crippen LogP contribution in [-0.2, 0) is 0 Å². The summed E-state index contributed by atoms with van der Waals surface area (Å²) in [7, 11) is 3.15. The van der Waals surface area contributed by atoms with Gasteiger partial charge in [0.2, 0.25) is 5.95 Å². The molecule has 0 radical (unpaired) electrons. The number of nitriles is 1. The van der Waals surface area contributed by atoms with Gasteiger partial charge in [-0.05, 0) is 18.9 Å². The summed E-state index contributed by atoms with van der Waals surface area (Å²) in [5, 5.41) is 13.0. The van der Waals surface area contributed by atoms with Crippen molar-refractivity contribution in [1.82, 2.24) is 14.5 Å². The van der Waals surface area contributed by atoms with E-state index in [-0.39, 0.29) is 17.2 Å². The SMILES string of the molecule is COc1cc(Nc2ncc3cc(C#N)c(=O)n(C4CC4)c3n2)cc(OC)c1. The molecule has 4 rings (SSSR count). The Morgan fingerprint density at radius 2 is 1.89 bits per heavy atom. The standard InChI is InChI=1S/C19H17N5O3/c1-26-15-6-13(7-16(8-15)27-2)22-19-21-10-12-5-11(9-20)18(25)24(14-3-4-14)17(12)23-19/h5-8,10,14H,3-4H2,1-2H3,(H,21,22,23). The third kappa shape index (κ3) is 3.15. The molecule has 2 heterocycles. The van der Waals surface area contributed by atoms with Crippen molar-refractivity contribution < 1.29 is 9.47 Å². The zero-order valence-electron chi connectivity index (χ0n) is 14.9. The molecular weight excluding hydrogens is 346 g/mol. The molecule has 0 atom stereocenters. The van der Waals surface area contributed by atoms with Crippen molar-refractivity contribution in [1.29, 1.82) is 5.26 Å². The van der Waals surface area contributed by atoms with Crippen LogP contribution in [0.3, 0.4) is 0 Å². The number of benzene rings is 1. The number of methoxy groups -OCH3 is 2. The van der Waals surface area contributed by atoms with Crippen LogP contribution in [0.5, 0.6) is 11.5 Å². The lowest BCUT2D eigenvalue weighted by atomic mass is 10.2. The first-order valence-corrected chi connectivity index (χ1v) is 8.45. The van der Waals surface area contributed by atoms with Gasteiger partial charge in [0.15, 0.2) is 0 Å². The number of fused-ring (bicyclic) bond motifs is 1. The van der Waals surface area contributed by atoms with E-state index in [1.54, 1.807) is 43.2 Å². The normalized spacial score (nSPS) is 13.2. The van der Waals surface area contributed by atoms with Crippen molar-refractivity contribution in [2.75, 3.05) is 19.5 Å². The van der Waals surface area contributed by atoms with Crippen LogP contribution in [0.1, 0.15) is 24.4 Å². The van der Waals surface area contributed by atoms with Crippen LogP contribution in [0.2, 0.25) is 0 Å². The van der Waals surface area contributed by atoms with E-state index in [0.29, 0.717) is 34.2 Å². The number of anilines is 2. The predicted octanol–water partition coefficient (Wildman–Crippen LogP) is 2.76. The largest absolute Gasteiger partial charge is 0.497 e. The van der Waals surface area contributed by atoms with Crippen LogP contribution < -0.4 is 20.3 Å². The molecule has 3 aromatic rings. The Bertz CT molecular complexity index is 1110. The Balaban J connectivity index is 1.79. The first-order valence-electron chi connectivity index (χ1n) is 8.45. The summed E-state index contributed by atoms with van der Waals surface area (Å²) in [4.78, 5) is 21.4. The molecule has 0 amide bonds. The van der Waals surface area contributed by atoms with E-state index in [9.17, 15) is 10.1 Å². The van der Waals surface area contributed by atoms with Gasteiger partial charge < -0.3 is 14.8 Å². The highest BCUT2D eigenvalue weighted by atomic mass is 16.5. The fourth-order valence-electron chi connectivity index (χ4n) is 2.94. The van der Waals surface area contributed by atoms with E-state index in [4.69, 9.17) is 9.47 Å². The molecule has 1 saturated carbocycles. The molecule has 1 N–H and O–H groups in total. The van der Waals surface area contributed by atoms with Gasteiger partial charge in [0.05, 0.1) is 14.2 Å². The maximum absolute atomic E-state index is 12.6. The van der Waals surface area contributed by atoms with Crippen LogP contribution in [-0.4, -0.2) is 28.8 Å². The lowest BCUT2D eigenvalue weighted by Crippen LogP contribution is -2.23. The minimum atomic E-state index is -0.305. The Morgan fingerprint density at radius 3 is 2.48 bits per heavy atom. The lowest BCUT2D eigenvalue weighted by molar-refractivity contribution is 0.395. The van der Waals surface area contributed by atoms with Gasteiger partial charge in [-0.3, -0.25) is 9.36 Å². The zero-order valence-corrected chi connectivity index (χ0v) is 14.9. The third-order valence-electron chi connectivity index (χ3n) is 4.41. The van der Waals surface area contributed by atoms with Crippen molar-refractivity contribution in [2.45, 2.75) is 18.9 Å². The molecule has 0 unspecified atom stereocenters. The predicted molar refractivity (Wildman–Crippen MR) is 99.6 cm³/mol. The number of nitrogens with zero attached hydrogens (tertiary/aromatic N) is 4. The minimum Gasteiger partial charge on any atom is -0.497 e. The highest BCUT2D eigenvalue weighted by molar-refractivity contribution is 5.77. The van der Waals surface area contributed by atoms with Crippen LogP contribution in [0.4, 0.5) is 11.6 Å². The molecule has 8 nitrogen and oxygen atoms in total. The molecule has 136 valence electrons. The van der Waals surface area contributed by atoms with Gasteiger partial charge in [0.25, 0.3) is 5.56 Å². The second-order valence-corrected chi connectivity index (χ2v) is 6.28. The maximum Gasteiger partial charge on any atom is 0.270 e. The van der Waals surface area contributed by atoms with E-state index < -0.39 is 0 Å². The summed E-state index contributed by atoms with van der Waals surface area (Å²) in [6.45, 7) is 0. The minimum absolute atomic E-state index is 0.0907. The number of rotatable bonds is 5. The average Bonchev–Trinajstić information content (AvgIpc) is 3.52. The molecule has 2 aromatic heterocycles. The molecular formula is C19H17N5O3. The molecule has 0 saturated heterocycles. The van der Waals surface area contributed by atoms with E-state index >= 15 is 0 Å². The summed E-state index contributed by atoms with van der Waals surface area (Å²) in [6.07, 6.45) is 3.43. The maximum atomic E-state index is 12.6. The van der Waals surface area contributed by atoms with Crippen LogP contribution >= 0.6 is 0 Å². The molecule has 0 aliphatic heterocycles. The van der Waals surface area contributed by atoms with Crippen LogP contribution in [0, 0.1) is 11.3 Å². The van der Waals surface area contributed by atoms with Crippen LogP contribution in [0.25, 0.3) is 11.0 Å². The summed E-state index contributed by atoms with van der Waals surface area (Å²) >= 11 is 0. The molecule has 0 bridgehead atoms. The van der Waals surface area contributed by atoms with Crippen LogP contribution in [0.15, 0.2) is 35.3 Å². The quantitative estimate of drug-likeness (QED) is 0.743. The smallest absolute Gasteiger partial charge is 0.270 e. The molecule has 0 spiro atoms. The first-order chi connectivity index (χ1) is 13.1. The van der Waals surface area contributed by atoms with E-state index in [2.05, 4.69) is 15.3 Å². The Labute approximate surface area is 155 Å². The second kappa shape index (κ2) is 6.61. The monoisotopic (exact) mass is 363 g/mol. The zero-order chi connectivity index (χ0) is 19.0. The van der Waals surface area contributed by atoms with Gasteiger partial charge in [-0.1, -0.05) is 0 Å². The number of hydrogen-bond acceptors (Lipinski definition) is 7. The number of hydrogen-bond donors (Lipinski definition) is 1. The van der Waals surface area contributed by atoms with Gasteiger partial charge in [0, 0.05) is 41.5 Å². The number of nitrogens with one attached hydrogen (secondary N) is 1. The molecule has 1 aliphatic carbocycles. The van der Waals surface area contributed by atoms with Gasteiger partial charge in [-0.15, -0.1) is 0 Å². The van der Waals surface area contributed by atoms with E-state index in [0.717, 1.165) is 12.8 Å². The van der Waals surface area contributed by atoms with E-state index in [1.165, 1.54) is 6.07 Å². The van der Waals surface area contributed by atoms with Crippen molar-refractivity contribution >= 4 is 22.7 Å². The highest BCUT2D eigenvalue weighted by Gasteiger charge is 2.28. The van der Waals surface area contributed by atoms with Gasteiger partial charge in [-0.25, -0.2) is 4.98 Å². The Morgan fingerprint density at radius 1 is 1.19 bits per heavy atom. The van der Waals surface area contributed by atoms with Crippen molar-refractivity contribution in [3.63, 3.8) is 0 Å². The summed E-state index contributed by atoms with van der Waals surface area (Å²) in [6, 6.07) is 8.94. The number of ether oxygens (including phenoxy) is 2. The molecule has 1 fully saturated rings. The number of pyridine rings is 1. The lowest BCUT2D eigenvalue weighted by Gasteiger charge is -2.12. The fourth-order valence-corrected chi connectivity index (χ4v) is 2.94. The van der Waals surface area contributed by atoms with Gasteiger partial charge in [-0.2, -0.15) is 10.2 Å². The molecule has 1 aromatic carbocycles. The molecule has 1 aliphatic rings. The summed E-state index contributed by atoms with van der Waals surface area (Å²) in [5.74, 6) is 1.61. The van der Waals surface area contributed by atoms with Crippen molar-refractivity contribution in [3.8, 4) is 17.6 Å². The molecule has 8 heteroatoms. The molecule has 27 heavy (non-hydrogen) atoms. The Kier molecular flexibility index (Phi) is 4.12.